The van der Waals surface area contributed by atoms with Gasteiger partial charge in [0.2, 0.25) is 12.4 Å². The zero-order chi connectivity index (χ0) is 10.4. The Balaban J connectivity index is 2.99. The normalized spacial score (nSPS) is 11.6. The molecule has 0 heterocycles. The van der Waals surface area contributed by atoms with Gasteiger partial charge >= 0.3 is 0 Å². The van der Waals surface area contributed by atoms with Crippen LogP contribution in [0, 0.1) is 0 Å². The van der Waals surface area contributed by atoms with E-state index in [1.807, 2.05) is 0 Å². The minimum absolute atomic E-state index is 0.248. The van der Waals surface area contributed by atoms with E-state index in [-0.39, 0.29) is 5.56 Å². The Hall–Kier alpha value is -1.67. The van der Waals surface area contributed by atoms with Crippen molar-refractivity contribution in [3.05, 3.63) is 29.8 Å². The van der Waals surface area contributed by atoms with Gasteiger partial charge < -0.3 is 4.74 Å². The summed E-state index contributed by atoms with van der Waals surface area (Å²) in [5.74, 6) is 0.404. The molecule has 0 aliphatic heterocycles. The number of hydrogen-bond acceptors (Lipinski definition) is 3. The van der Waals surface area contributed by atoms with Crippen LogP contribution in [-0.4, -0.2) is 12.7 Å². The van der Waals surface area contributed by atoms with Gasteiger partial charge in [0.05, 0.1) is 12.2 Å². The number of isocyanates is 1. The number of halogens is 1. The Morgan fingerprint density at radius 2 is 2.29 bits per heavy atom. The van der Waals surface area contributed by atoms with E-state index in [4.69, 9.17) is 4.74 Å². The van der Waals surface area contributed by atoms with Crippen LogP contribution in [0.25, 0.3) is 0 Å². The summed E-state index contributed by atoms with van der Waals surface area (Å²) in [7, 11) is 0. The molecular weight excluding hydrogens is 185 g/mol. The molecule has 1 aromatic carbocycles. The van der Waals surface area contributed by atoms with Crippen LogP contribution in [0.2, 0.25) is 0 Å². The number of benzene rings is 1. The fourth-order valence-corrected chi connectivity index (χ4v) is 1.08. The van der Waals surface area contributed by atoms with Crippen molar-refractivity contribution in [1.29, 1.82) is 0 Å². The third-order valence-electron chi connectivity index (χ3n) is 1.64. The monoisotopic (exact) mass is 195 g/mol. The van der Waals surface area contributed by atoms with Gasteiger partial charge in [-0.1, -0.05) is 18.2 Å². The van der Waals surface area contributed by atoms with Gasteiger partial charge in [-0.25, -0.2) is 9.18 Å². The molecule has 0 amide bonds. The van der Waals surface area contributed by atoms with Gasteiger partial charge in [-0.2, -0.15) is 4.99 Å². The van der Waals surface area contributed by atoms with Crippen LogP contribution in [0.1, 0.15) is 18.8 Å². The molecule has 0 N–H and O–H groups in total. The van der Waals surface area contributed by atoms with Crippen LogP contribution >= 0.6 is 0 Å². The molecule has 74 valence electrons. The van der Waals surface area contributed by atoms with E-state index >= 15 is 0 Å². The van der Waals surface area contributed by atoms with Crippen molar-refractivity contribution in [2.45, 2.75) is 13.2 Å². The molecule has 0 fully saturated rings. The predicted molar refractivity (Wildman–Crippen MR) is 49.6 cm³/mol. The molecule has 1 aromatic rings. The minimum Gasteiger partial charge on any atom is -0.493 e. The molecule has 0 radical (unpaired) electrons. The van der Waals surface area contributed by atoms with Crippen LogP contribution in [0.15, 0.2) is 29.3 Å². The second-order valence-corrected chi connectivity index (χ2v) is 2.53. The molecule has 14 heavy (non-hydrogen) atoms. The number of rotatable bonds is 4. The highest BCUT2D eigenvalue weighted by Crippen LogP contribution is 2.28. The quantitative estimate of drug-likeness (QED) is 0.420. The Kier molecular flexibility index (Phi) is 3.83. The van der Waals surface area contributed by atoms with E-state index in [0.717, 1.165) is 0 Å². The first-order valence-electron chi connectivity index (χ1n) is 4.22. The molecule has 0 spiro atoms. The van der Waals surface area contributed by atoms with Gasteiger partial charge in [-0.3, -0.25) is 0 Å². The maximum atomic E-state index is 13.2. The molecule has 0 aliphatic rings. The Morgan fingerprint density at radius 3 is 2.93 bits per heavy atom. The van der Waals surface area contributed by atoms with Crippen LogP contribution in [0.5, 0.6) is 5.75 Å². The van der Waals surface area contributed by atoms with Gasteiger partial charge in [-0.15, -0.1) is 0 Å². The van der Waals surface area contributed by atoms with Gasteiger partial charge in [-0.05, 0) is 13.0 Å². The summed E-state index contributed by atoms with van der Waals surface area (Å²) in [6.07, 6.45) is -0.519. The van der Waals surface area contributed by atoms with Crippen LogP contribution in [0.3, 0.4) is 0 Å². The Bertz CT molecular complexity index is 348. The lowest BCUT2D eigenvalue weighted by molar-refractivity contribution is 0.307. The van der Waals surface area contributed by atoms with Crippen LogP contribution in [-0.2, 0) is 4.79 Å². The fourth-order valence-electron chi connectivity index (χ4n) is 1.08. The van der Waals surface area contributed by atoms with E-state index in [0.29, 0.717) is 12.4 Å². The molecule has 0 bridgehead atoms. The second kappa shape index (κ2) is 5.14. The summed E-state index contributed by atoms with van der Waals surface area (Å²) < 4.78 is 18.4. The summed E-state index contributed by atoms with van der Waals surface area (Å²) >= 11 is 0. The zero-order valence-corrected chi connectivity index (χ0v) is 7.74. The third kappa shape index (κ3) is 2.41. The standard InChI is InChI=1S/C10H10FNO2/c1-2-14-9-6-4-3-5-8(9)10(11)12-7-13/h3-6,10H,2H2,1H3. The SMILES string of the molecule is CCOc1ccccc1C(F)N=C=O. The molecule has 0 saturated carbocycles. The highest BCUT2D eigenvalue weighted by atomic mass is 19.1. The molecule has 0 saturated heterocycles. The van der Waals surface area contributed by atoms with E-state index < -0.39 is 6.30 Å². The highest BCUT2D eigenvalue weighted by molar-refractivity contribution is 5.39. The van der Waals surface area contributed by atoms with Crippen molar-refractivity contribution < 1.29 is 13.9 Å². The molecular formula is C10H10FNO2. The molecule has 0 aromatic heterocycles. The lowest BCUT2D eigenvalue weighted by Crippen LogP contribution is -1.97. The van der Waals surface area contributed by atoms with Crippen molar-refractivity contribution in [3.8, 4) is 5.75 Å². The maximum absolute atomic E-state index is 13.2. The van der Waals surface area contributed by atoms with Crippen molar-refractivity contribution >= 4 is 6.08 Å². The summed E-state index contributed by atoms with van der Waals surface area (Å²) in [4.78, 5) is 12.9. The zero-order valence-electron chi connectivity index (χ0n) is 7.74. The molecule has 1 unspecified atom stereocenters. The van der Waals surface area contributed by atoms with Gasteiger partial charge in [0.25, 0.3) is 0 Å². The van der Waals surface area contributed by atoms with E-state index in [1.165, 1.54) is 12.1 Å². The predicted octanol–water partition coefficient (Wildman–Crippen LogP) is 2.39. The third-order valence-corrected chi connectivity index (χ3v) is 1.64. The van der Waals surface area contributed by atoms with Gasteiger partial charge in [0, 0.05) is 0 Å². The average Bonchev–Trinajstić information content (AvgIpc) is 2.19. The fraction of sp³-hybridized carbons (Fsp3) is 0.300. The summed E-state index contributed by atoms with van der Waals surface area (Å²) in [5, 5.41) is 0. The maximum Gasteiger partial charge on any atom is 0.238 e. The first kappa shape index (κ1) is 10.4. The van der Waals surface area contributed by atoms with Crippen molar-refractivity contribution in [2.24, 2.45) is 4.99 Å². The molecule has 0 aliphatic carbocycles. The van der Waals surface area contributed by atoms with Crippen LogP contribution in [0.4, 0.5) is 4.39 Å². The smallest absolute Gasteiger partial charge is 0.238 e. The number of aliphatic imine (C=N–C) groups is 1. The minimum atomic E-state index is -1.70. The molecule has 4 heteroatoms. The summed E-state index contributed by atoms with van der Waals surface area (Å²) in [5.41, 5.74) is 0.248. The first-order chi connectivity index (χ1) is 6.79. The number of carbonyl (C=O) groups excluding carboxylic acids is 1. The van der Waals surface area contributed by atoms with Crippen molar-refractivity contribution in [2.75, 3.05) is 6.61 Å². The number of ether oxygens (including phenoxy) is 1. The number of hydrogen-bond donors (Lipinski definition) is 0. The topological polar surface area (TPSA) is 38.7 Å². The number of alkyl halides is 1. The van der Waals surface area contributed by atoms with E-state index in [9.17, 15) is 9.18 Å². The van der Waals surface area contributed by atoms with Crippen molar-refractivity contribution in [1.82, 2.24) is 0 Å². The van der Waals surface area contributed by atoms with Crippen LogP contribution < -0.4 is 4.74 Å². The van der Waals surface area contributed by atoms with Gasteiger partial charge in [0.1, 0.15) is 5.75 Å². The molecule has 1 rings (SSSR count). The Labute approximate surface area is 81.2 Å². The lowest BCUT2D eigenvalue weighted by atomic mass is 10.2. The number of nitrogens with zero attached hydrogens (tertiary/aromatic N) is 1. The second-order valence-electron chi connectivity index (χ2n) is 2.53. The summed E-state index contributed by atoms with van der Waals surface area (Å²) in [6.45, 7) is 2.24. The highest BCUT2D eigenvalue weighted by Gasteiger charge is 2.12. The van der Waals surface area contributed by atoms with Crippen molar-refractivity contribution in [3.63, 3.8) is 0 Å². The van der Waals surface area contributed by atoms with E-state index in [1.54, 1.807) is 25.1 Å². The number of para-hydroxylation sites is 1. The average molecular weight is 195 g/mol. The molecule has 3 nitrogen and oxygen atoms in total. The Morgan fingerprint density at radius 1 is 1.57 bits per heavy atom. The van der Waals surface area contributed by atoms with Gasteiger partial charge in [0.15, 0.2) is 0 Å². The molecule has 1 atom stereocenters. The lowest BCUT2D eigenvalue weighted by Gasteiger charge is -2.09. The largest absolute Gasteiger partial charge is 0.493 e. The first-order valence-corrected chi connectivity index (χ1v) is 4.22. The summed E-state index contributed by atoms with van der Waals surface area (Å²) in [6, 6.07) is 6.54. The van der Waals surface area contributed by atoms with E-state index in [2.05, 4.69) is 4.99 Å².